The molecule has 3 unspecified atom stereocenters. The molecule has 6 nitrogen and oxygen atoms in total. The van der Waals surface area contributed by atoms with Crippen molar-refractivity contribution in [3.05, 3.63) is 58.5 Å². The molecule has 4 rings (SSSR count). The van der Waals surface area contributed by atoms with Crippen molar-refractivity contribution in [2.24, 2.45) is 5.92 Å². The number of aliphatic hydroxyl groups is 1. The first-order valence-corrected chi connectivity index (χ1v) is 9.49. The summed E-state index contributed by atoms with van der Waals surface area (Å²) in [6.07, 6.45) is 0.571. The Morgan fingerprint density at radius 1 is 1.11 bits per heavy atom. The minimum Gasteiger partial charge on any atom is -0.497 e. The predicted molar refractivity (Wildman–Crippen MR) is 102 cm³/mol. The van der Waals surface area contributed by atoms with E-state index in [4.69, 9.17) is 9.47 Å². The summed E-state index contributed by atoms with van der Waals surface area (Å²) in [5.74, 6) is 2.33. The van der Waals surface area contributed by atoms with E-state index in [9.17, 15) is 9.90 Å². The highest BCUT2D eigenvalue weighted by molar-refractivity contribution is 5.31. The molecule has 3 atom stereocenters. The van der Waals surface area contributed by atoms with Gasteiger partial charge in [0.15, 0.2) is 0 Å². The number of ether oxygens (including phenoxy) is 2. The third-order valence-corrected chi connectivity index (χ3v) is 5.53. The number of piperidine rings is 1. The predicted octanol–water partition coefficient (Wildman–Crippen LogP) is 1.72. The summed E-state index contributed by atoms with van der Waals surface area (Å²) < 4.78 is 12.8. The molecule has 2 aliphatic heterocycles. The van der Waals surface area contributed by atoms with E-state index in [1.54, 1.807) is 13.2 Å². The molecule has 1 fully saturated rings. The maximum atomic E-state index is 12.1. The van der Waals surface area contributed by atoms with Crippen molar-refractivity contribution in [1.29, 1.82) is 0 Å². The number of hydrogen-bond acceptors (Lipinski definition) is 5. The molecule has 0 spiro atoms. The van der Waals surface area contributed by atoms with E-state index in [0.717, 1.165) is 43.2 Å². The highest BCUT2D eigenvalue weighted by Gasteiger charge is 2.34. The van der Waals surface area contributed by atoms with Crippen LogP contribution in [0.3, 0.4) is 0 Å². The van der Waals surface area contributed by atoms with Crippen molar-refractivity contribution in [2.75, 3.05) is 33.4 Å². The van der Waals surface area contributed by atoms with E-state index >= 15 is 0 Å². The minimum atomic E-state index is -0.552. The number of nitrogens with zero attached hydrogens (tertiary/aromatic N) is 2. The van der Waals surface area contributed by atoms with Gasteiger partial charge in [0.1, 0.15) is 24.2 Å². The Hall–Kier alpha value is -2.31. The zero-order chi connectivity index (χ0) is 18.8. The van der Waals surface area contributed by atoms with Crippen LogP contribution in [0.15, 0.2) is 47.3 Å². The van der Waals surface area contributed by atoms with Gasteiger partial charge in [-0.2, -0.15) is 0 Å². The van der Waals surface area contributed by atoms with Crippen LogP contribution in [0.2, 0.25) is 0 Å². The molecule has 3 heterocycles. The molecule has 1 saturated heterocycles. The Labute approximate surface area is 158 Å². The fourth-order valence-electron chi connectivity index (χ4n) is 4.36. The zero-order valence-corrected chi connectivity index (χ0v) is 15.6. The lowest BCUT2D eigenvalue weighted by Gasteiger charge is -2.43. The zero-order valence-electron chi connectivity index (χ0n) is 15.6. The Bertz CT molecular complexity index is 833. The van der Waals surface area contributed by atoms with Crippen LogP contribution < -0.4 is 15.0 Å². The summed E-state index contributed by atoms with van der Waals surface area (Å²) in [7, 11) is 1.63. The lowest BCUT2D eigenvalue weighted by atomic mass is 9.83. The molecule has 2 aliphatic rings. The van der Waals surface area contributed by atoms with Crippen LogP contribution >= 0.6 is 0 Å². The summed E-state index contributed by atoms with van der Waals surface area (Å²) in [6.45, 7) is 3.41. The summed E-state index contributed by atoms with van der Waals surface area (Å²) in [5.41, 5.74) is 1.23. The maximum Gasteiger partial charge on any atom is 0.250 e. The normalized spacial score (nSPS) is 22.7. The number of methoxy groups -OCH3 is 1. The Kier molecular flexibility index (Phi) is 5.18. The molecule has 0 saturated carbocycles. The first kappa shape index (κ1) is 18.1. The van der Waals surface area contributed by atoms with Gasteiger partial charge in [-0.1, -0.05) is 6.07 Å². The Morgan fingerprint density at radius 3 is 2.67 bits per heavy atom. The number of β-amino-alcohol motifs (C(OH)–C–C–N with tert-alkyl or cyclic N) is 1. The lowest BCUT2D eigenvalue weighted by Crippen LogP contribution is -2.49. The quantitative estimate of drug-likeness (QED) is 0.839. The number of rotatable bonds is 6. The van der Waals surface area contributed by atoms with Crippen LogP contribution in [-0.2, 0) is 6.54 Å². The maximum absolute atomic E-state index is 12.1. The van der Waals surface area contributed by atoms with E-state index in [-0.39, 0.29) is 12.2 Å². The van der Waals surface area contributed by atoms with Gasteiger partial charge < -0.3 is 19.1 Å². The smallest absolute Gasteiger partial charge is 0.250 e. The van der Waals surface area contributed by atoms with Gasteiger partial charge in [0.2, 0.25) is 0 Å². The third kappa shape index (κ3) is 4.01. The fourth-order valence-corrected chi connectivity index (χ4v) is 4.36. The van der Waals surface area contributed by atoms with Crippen LogP contribution in [-0.4, -0.2) is 54.0 Å². The number of likely N-dealkylation sites (tertiary alicyclic amines) is 1. The number of pyridine rings is 1. The second-order valence-electron chi connectivity index (χ2n) is 7.56. The fraction of sp³-hybridized carbons (Fsp3) is 0.476. The second-order valence-corrected chi connectivity index (χ2v) is 7.56. The summed E-state index contributed by atoms with van der Waals surface area (Å²) in [5, 5.41) is 10.4. The minimum absolute atomic E-state index is 0.101. The first-order chi connectivity index (χ1) is 13.1. The largest absolute Gasteiger partial charge is 0.497 e. The van der Waals surface area contributed by atoms with E-state index in [2.05, 4.69) is 11.0 Å². The van der Waals surface area contributed by atoms with Crippen molar-refractivity contribution in [1.82, 2.24) is 9.47 Å². The Morgan fingerprint density at radius 2 is 1.89 bits per heavy atom. The first-order valence-electron chi connectivity index (χ1n) is 9.49. The lowest BCUT2D eigenvalue weighted by molar-refractivity contribution is 0.0384. The van der Waals surface area contributed by atoms with E-state index in [1.165, 1.54) is 0 Å². The SMILES string of the molecule is COc1ccc(OCC(O)CN2CC3CC(C2)c2cccc(=O)n2C3)cc1. The molecule has 27 heavy (non-hydrogen) atoms. The molecule has 0 radical (unpaired) electrons. The van der Waals surface area contributed by atoms with Crippen molar-refractivity contribution in [3.63, 3.8) is 0 Å². The van der Waals surface area contributed by atoms with Crippen molar-refractivity contribution >= 4 is 0 Å². The van der Waals surface area contributed by atoms with E-state index in [1.807, 2.05) is 34.9 Å². The van der Waals surface area contributed by atoms with Gasteiger partial charge in [-0.05, 0) is 42.7 Å². The Balaban J connectivity index is 1.33. The van der Waals surface area contributed by atoms with Crippen LogP contribution in [0.4, 0.5) is 0 Å². The third-order valence-electron chi connectivity index (χ3n) is 5.53. The molecular formula is C21H26N2O4. The summed E-state index contributed by atoms with van der Waals surface area (Å²) in [6, 6.07) is 12.9. The number of hydrogen-bond donors (Lipinski definition) is 1. The average Bonchev–Trinajstić information content (AvgIpc) is 2.67. The topological polar surface area (TPSA) is 63.9 Å². The summed E-state index contributed by atoms with van der Waals surface area (Å²) >= 11 is 0. The van der Waals surface area contributed by atoms with Crippen molar-refractivity contribution in [3.8, 4) is 11.5 Å². The van der Waals surface area contributed by atoms with Crippen LogP contribution in [0.5, 0.6) is 11.5 Å². The van der Waals surface area contributed by atoms with Crippen molar-refractivity contribution in [2.45, 2.75) is 25.0 Å². The number of aliphatic hydroxyl groups excluding tert-OH is 1. The monoisotopic (exact) mass is 370 g/mol. The number of aromatic nitrogens is 1. The van der Waals surface area contributed by atoms with Gasteiger partial charge in [-0.15, -0.1) is 0 Å². The molecule has 2 aromatic rings. The van der Waals surface area contributed by atoms with Gasteiger partial charge in [-0.3, -0.25) is 9.69 Å². The highest BCUT2D eigenvalue weighted by Crippen LogP contribution is 2.34. The molecule has 1 aromatic heterocycles. The van der Waals surface area contributed by atoms with E-state index < -0.39 is 6.10 Å². The molecule has 144 valence electrons. The molecule has 1 aromatic carbocycles. The molecule has 6 heteroatoms. The average molecular weight is 370 g/mol. The van der Waals surface area contributed by atoms with Gasteiger partial charge in [0.05, 0.1) is 7.11 Å². The van der Waals surface area contributed by atoms with Gasteiger partial charge >= 0.3 is 0 Å². The van der Waals surface area contributed by atoms with Gasteiger partial charge in [0.25, 0.3) is 5.56 Å². The van der Waals surface area contributed by atoms with Crippen LogP contribution in [0, 0.1) is 5.92 Å². The summed E-state index contributed by atoms with van der Waals surface area (Å²) in [4.78, 5) is 14.4. The molecular weight excluding hydrogens is 344 g/mol. The van der Waals surface area contributed by atoms with Crippen LogP contribution in [0.1, 0.15) is 18.0 Å². The molecule has 0 aliphatic carbocycles. The second kappa shape index (κ2) is 7.74. The molecule has 1 N–H and O–H groups in total. The molecule has 0 amide bonds. The van der Waals surface area contributed by atoms with Crippen molar-refractivity contribution < 1.29 is 14.6 Å². The van der Waals surface area contributed by atoms with Gasteiger partial charge in [0, 0.05) is 43.9 Å². The van der Waals surface area contributed by atoms with Gasteiger partial charge in [-0.25, -0.2) is 0 Å². The van der Waals surface area contributed by atoms with E-state index in [0.29, 0.717) is 18.4 Å². The number of benzene rings is 1. The standard InChI is InChI=1S/C21H26N2O4/c1-26-18-5-7-19(8-6-18)27-14-17(24)13-22-10-15-9-16(12-22)20-3-2-4-21(25)23(20)11-15/h2-8,15-17,24H,9-14H2,1H3. The highest BCUT2D eigenvalue weighted by atomic mass is 16.5. The van der Waals surface area contributed by atoms with Crippen LogP contribution in [0.25, 0.3) is 0 Å². The molecule has 2 bridgehead atoms. The number of fused-ring (bicyclic) bond motifs is 4.